The van der Waals surface area contributed by atoms with E-state index in [2.05, 4.69) is 16.8 Å². The van der Waals surface area contributed by atoms with Crippen molar-refractivity contribution < 1.29 is 4.79 Å². The van der Waals surface area contributed by atoms with Gasteiger partial charge in [0.1, 0.15) is 5.69 Å². The van der Waals surface area contributed by atoms with Gasteiger partial charge in [-0.05, 0) is 31.6 Å². The van der Waals surface area contributed by atoms with Gasteiger partial charge in [0.2, 0.25) is 0 Å². The number of ketones is 1. The van der Waals surface area contributed by atoms with E-state index in [1.54, 1.807) is 11.3 Å². The summed E-state index contributed by atoms with van der Waals surface area (Å²) in [7, 11) is 0. The molecular formula is C15H22N2OS. The minimum Gasteiger partial charge on any atom is -0.348 e. The second-order valence-electron chi connectivity index (χ2n) is 5.76. The van der Waals surface area contributed by atoms with Crippen LogP contribution >= 0.6 is 11.3 Å². The van der Waals surface area contributed by atoms with E-state index in [4.69, 9.17) is 0 Å². The number of piperidine rings is 1. The molecule has 0 bridgehead atoms. The number of aromatic nitrogens is 1. The van der Waals surface area contributed by atoms with E-state index in [1.165, 1.54) is 30.6 Å². The minimum atomic E-state index is 0.254. The van der Waals surface area contributed by atoms with Crippen molar-refractivity contribution in [3.8, 4) is 0 Å². The van der Waals surface area contributed by atoms with Crippen molar-refractivity contribution in [2.24, 2.45) is 5.92 Å². The van der Waals surface area contributed by atoms with Gasteiger partial charge in [-0.15, -0.1) is 11.3 Å². The normalized spacial score (nSPS) is 20.7. The second-order valence-corrected chi connectivity index (χ2v) is 6.83. The highest BCUT2D eigenvalue weighted by Crippen LogP contribution is 2.34. The maximum absolute atomic E-state index is 11.8. The van der Waals surface area contributed by atoms with Gasteiger partial charge < -0.3 is 4.90 Å². The largest absolute Gasteiger partial charge is 0.348 e. The summed E-state index contributed by atoms with van der Waals surface area (Å²) in [6, 6.07) is 0. The number of hydrogen-bond donors (Lipinski definition) is 0. The topological polar surface area (TPSA) is 33.2 Å². The van der Waals surface area contributed by atoms with Crippen LogP contribution in [-0.4, -0.2) is 23.9 Å². The highest BCUT2D eigenvalue weighted by Gasteiger charge is 2.26. The summed E-state index contributed by atoms with van der Waals surface area (Å²) in [5, 5.41) is 1.09. The van der Waals surface area contributed by atoms with Gasteiger partial charge in [0.15, 0.2) is 10.9 Å². The maximum atomic E-state index is 11.8. The number of fused-ring (bicyclic) bond motifs is 1. The van der Waals surface area contributed by atoms with Crippen LogP contribution < -0.4 is 4.90 Å². The van der Waals surface area contributed by atoms with E-state index in [1.807, 2.05) is 0 Å². The van der Waals surface area contributed by atoms with Crippen LogP contribution in [0.3, 0.4) is 0 Å². The monoisotopic (exact) mass is 278 g/mol. The Morgan fingerprint density at radius 3 is 2.79 bits per heavy atom. The molecule has 1 aromatic rings. The molecule has 3 rings (SSSR count). The highest BCUT2D eigenvalue weighted by molar-refractivity contribution is 7.16. The Hall–Kier alpha value is -0.900. The van der Waals surface area contributed by atoms with E-state index < -0.39 is 0 Å². The molecule has 0 radical (unpaired) electrons. The van der Waals surface area contributed by atoms with Crippen molar-refractivity contribution in [1.29, 1.82) is 0 Å². The fraction of sp³-hybridized carbons (Fsp3) is 0.733. The van der Waals surface area contributed by atoms with Crippen LogP contribution in [0.1, 0.15) is 60.8 Å². The van der Waals surface area contributed by atoms with Gasteiger partial charge in [-0.3, -0.25) is 4.79 Å². The molecule has 2 aliphatic rings. The van der Waals surface area contributed by atoms with E-state index in [0.29, 0.717) is 6.42 Å². The molecule has 1 fully saturated rings. The zero-order valence-electron chi connectivity index (χ0n) is 11.7. The third-order valence-electron chi connectivity index (χ3n) is 4.34. The quantitative estimate of drug-likeness (QED) is 0.845. The van der Waals surface area contributed by atoms with Gasteiger partial charge in [0.25, 0.3) is 0 Å². The molecule has 1 aromatic heterocycles. The lowest BCUT2D eigenvalue weighted by Crippen LogP contribution is -2.33. The van der Waals surface area contributed by atoms with Crippen LogP contribution in [0.5, 0.6) is 0 Å². The zero-order chi connectivity index (χ0) is 13.2. The second kappa shape index (κ2) is 5.61. The average Bonchev–Trinajstić information content (AvgIpc) is 2.85. The Kier molecular flexibility index (Phi) is 3.87. The molecule has 1 saturated heterocycles. The highest BCUT2D eigenvalue weighted by atomic mass is 32.1. The molecule has 0 amide bonds. The number of aryl methyl sites for hydroxylation is 1. The van der Waals surface area contributed by atoms with E-state index >= 15 is 0 Å². The number of hydrogen-bond acceptors (Lipinski definition) is 4. The number of anilines is 1. The molecule has 0 saturated carbocycles. The molecule has 1 aliphatic heterocycles. The fourth-order valence-electron chi connectivity index (χ4n) is 3.21. The van der Waals surface area contributed by atoms with Gasteiger partial charge in [0.05, 0.1) is 0 Å². The maximum Gasteiger partial charge on any atom is 0.186 e. The van der Waals surface area contributed by atoms with Crippen LogP contribution in [0.15, 0.2) is 0 Å². The smallest absolute Gasteiger partial charge is 0.186 e. The predicted octanol–water partition coefficient (Wildman–Crippen LogP) is 3.68. The lowest BCUT2D eigenvalue weighted by atomic mass is 9.93. The summed E-state index contributed by atoms with van der Waals surface area (Å²) < 4.78 is 0. The lowest BCUT2D eigenvalue weighted by Gasteiger charge is -2.31. The van der Waals surface area contributed by atoms with E-state index in [9.17, 15) is 4.79 Å². The lowest BCUT2D eigenvalue weighted by molar-refractivity contribution is 0.0968. The fourth-order valence-corrected chi connectivity index (χ4v) is 4.38. The summed E-state index contributed by atoms with van der Waals surface area (Å²) in [6.45, 7) is 4.50. The van der Waals surface area contributed by atoms with Gasteiger partial charge >= 0.3 is 0 Å². The first-order valence-corrected chi connectivity index (χ1v) is 8.37. The van der Waals surface area contributed by atoms with Crippen molar-refractivity contribution in [3.63, 3.8) is 0 Å². The van der Waals surface area contributed by atoms with Crippen LogP contribution in [0.25, 0.3) is 0 Å². The number of nitrogens with zero attached hydrogens (tertiary/aromatic N) is 2. The number of thiazole rings is 1. The van der Waals surface area contributed by atoms with Gasteiger partial charge in [-0.1, -0.05) is 19.8 Å². The number of rotatable bonds is 3. The SMILES string of the molecule is CCCC1CCN(c2nc3c(s2)CCCC3=O)CC1. The summed E-state index contributed by atoms with van der Waals surface area (Å²) in [5.74, 6) is 1.15. The van der Waals surface area contributed by atoms with E-state index in [0.717, 1.165) is 42.7 Å². The van der Waals surface area contributed by atoms with Crippen LogP contribution in [0.4, 0.5) is 5.13 Å². The van der Waals surface area contributed by atoms with Gasteiger partial charge in [-0.2, -0.15) is 0 Å². The Labute approximate surface area is 119 Å². The van der Waals surface area contributed by atoms with Crippen molar-refractivity contribution in [2.45, 2.75) is 51.9 Å². The third-order valence-corrected chi connectivity index (χ3v) is 5.52. The molecule has 4 heteroatoms. The van der Waals surface area contributed by atoms with Crippen LogP contribution in [0.2, 0.25) is 0 Å². The summed E-state index contributed by atoms with van der Waals surface area (Å²) in [6.07, 6.45) is 7.97. The number of Topliss-reactive ketones (excluding diaryl/α,β-unsaturated/α-hetero) is 1. The van der Waals surface area contributed by atoms with Crippen molar-refractivity contribution >= 4 is 22.3 Å². The van der Waals surface area contributed by atoms with Gasteiger partial charge in [0, 0.05) is 24.4 Å². The zero-order valence-corrected chi connectivity index (χ0v) is 12.5. The first-order chi connectivity index (χ1) is 9.28. The van der Waals surface area contributed by atoms with Crippen LogP contribution in [0, 0.1) is 5.92 Å². The molecule has 0 N–H and O–H groups in total. The Bertz CT molecular complexity index is 461. The van der Waals surface area contributed by atoms with Crippen molar-refractivity contribution in [2.75, 3.05) is 18.0 Å². The standard InChI is InChI=1S/C15H22N2OS/c1-2-4-11-7-9-17(10-8-11)15-16-14-12(18)5-3-6-13(14)19-15/h11H,2-10H2,1H3. The predicted molar refractivity (Wildman–Crippen MR) is 79.2 cm³/mol. The van der Waals surface area contributed by atoms with Crippen LogP contribution in [-0.2, 0) is 6.42 Å². The molecule has 0 unspecified atom stereocenters. The summed E-state index contributed by atoms with van der Waals surface area (Å²) >= 11 is 1.75. The molecule has 0 aromatic carbocycles. The average molecular weight is 278 g/mol. The van der Waals surface area contributed by atoms with E-state index in [-0.39, 0.29) is 5.78 Å². The summed E-state index contributed by atoms with van der Waals surface area (Å²) in [5.41, 5.74) is 0.780. The molecule has 104 valence electrons. The van der Waals surface area contributed by atoms with Crippen molar-refractivity contribution in [1.82, 2.24) is 4.98 Å². The molecule has 0 spiro atoms. The third kappa shape index (κ3) is 2.69. The Morgan fingerprint density at radius 2 is 2.11 bits per heavy atom. The first kappa shape index (κ1) is 13.1. The number of carbonyl (C=O) groups is 1. The summed E-state index contributed by atoms with van der Waals surface area (Å²) in [4.78, 5) is 20.1. The Morgan fingerprint density at radius 1 is 1.32 bits per heavy atom. The molecule has 0 atom stereocenters. The minimum absolute atomic E-state index is 0.254. The molecular weight excluding hydrogens is 256 g/mol. The number of carbonyl (C=O) groups excluding carboxylic acids is 1. The Balaban J connectivity index is 1.69. The molecule has 3 nitrogen and oxygen atoms in total. The molecule has 2 heterocycles. The first-order valence-electron chi connectivity index (χ1n) is 7.55. The van der Waals surface area contributed by atoms with Gasteiger partial charge in [-0.25, -0.2) is 4.98 Å². The molecule has 19 heavy (non-hydrogen) atoms. The molecule has 1 aliphatic carbocycles. The van der Waals surface area contributed by atoms with Crippen molar-refractivity contribution in [3.05, 3.63) is 10.6 Å².